The molecule has 3 aromatic heterocycles. The Hall–Kier alpha value is -7.21. The third kappa shape index (κ3) is 5.40. The van der Waals surface area contributed by atoms with Crippen LogP contribution in [-0.4, -0.2) is 19.5 Å². The predicted molar refractivity (Wildman–Crippen MR) is 234 cm³/mol. The minimum atomic E-state index is 0.628. The molecule has 0 radical (unpaired) electrons. The minimum Gasteiger partial charge on any atom is -0.309 e. The van der Waals surface area contributed by atoms with Crippen molar-refractivity contribution in [2.45, 2.75) is 0 Å². The van der Waals surface area contributed by atoms with E-state index in [0.717, 1.165) is 44.5 Å². The van der Waals surface area contributed by atoms with Crippen molar-refractivity contribution >= 4 is 53.3 Å². The fourth-order valence-electron chi connectivity index (χ4n) is 8.03. The Morgan fingerprint density at radius 3 is 1.61 bits per heavy atom. The van der Waals surface area contributed by atoms with E-state index in [-0.39, 0.29) is 0 Å². The maximum absolute atomic E-state index is 5.07. The first kappa shape index (κ1) is 32.2. The van der Waals surface area contributed by atoms with Crippen LogP contribution in [0.1, 0.15) is 0 Å². The number of thiophene rings is 1. The van der Waals surface area contributed by atoms with Crippen LogP contribution in [0.5, 0.6) is 0 Å². The Bertz CT molecular complexity index is 3180. The van der Waals surface area contributed by atoms with Crippen LogP contribution in [0.25, 0.3) is 104 Å². The van der Waals surface area contributed by atoms with Crippen LogP contribution >= 0.6 is 11.3 Å². The second-order valence-electron chi connectivity index (χ2n) is 14.0. The maximum Gasteiger partial charge on any atom is 0.164 e. The standard InChI is InChI=1S/C51H32N4S/c1-4-15-33(16-5-1)42-32-37(51-53-49(34-17-6-2-7-18-34)52-50(54-51)35-19-8-3-9-20-35)28-30-45(42)55-44-25-12-10-21-39(44)43-31-36(27-29-46(43)55)38-23-14-24-41-40-22-11-13-26-47(40)56-48(38)41/h1-32H. The third-order valence-electron chi connectivity index (χ3n) is 10.7. The molecule has 0 spiro atoms. The number of benzene rings is 8. The molecule has 0 fully saturated rings. The van der Waals surface area contributed by atoms with Gasteiger partial charge in [-0.05, 0) is 59.2 Å². The molecule has 0 aliphatic heterocycles. The van der Waals surface area contributed by atoms with E-state index < -0.39 is 0 Å². The summed E-state index contributed by atoms with van der Waals surface area (Å²) >= 11 is 1.87. The predicted octanol–water partition coefficient (Wildman–Crippen LogP) is 13.7. The van der Waals surface area contributed by atoms with Gasteiger partial charge >= 0.3 is 0 Å². The average molecular weight is 733 g/mol. The number of rotatable bonds is 6. The van der Waals surface area contributed by atoms with E-state index in [1.807, 2.05) is 72.0 Å². The molecule has 262 valence electrons. The van der Waals surface area contributed by atoms with Crippen LogP contribution in [0.3, 0.4) is 0 Å². The highest BCUT2D eigenvalue weighted by Crippen LogP contribution is 2.43. The summed E-state index contributed by atoms with van der Waals surface area (Å²) < 4.78 is 5.05. The van der Waals surface area contributed by atoms with Gasteiger partial charge in [-0.25, -0.2) is 15.0 Å². The molecule has 0 aliphatic rings. The molecule has 0 unspecified atom stereocenters. The van der Waals surface area contributed by atoms with E-state index >= 15 is 0 Å². The van der Waals surface area contributed by atoms with E-state index in [1.165, 1.54) is 42.1 Å². The van der Waals surface area contributed by atoms with Crippen LogP contribution < -0.4 is 0 Å². The molecule has 4 nitrogen and oxygen atoms in total. The summed E-state index contributed by atoms with van der Waals surface area (Å²) in [7, 11) is 0. The van der Waals surface area contributed by atoms with Gasteiger partial charge in [0, 0.05) is 53.2 Å². The lowest BCUT2D eigenvalue weighted by Gasteiger charge is -2.16. The van der Waals surface area contributed by atoms with Gasteiger partial charge in [-0.15, -0.1) is 11.3 Å². The lowest BCUT2D eigenvalue weighted by atomic mass is 9.99. The zero-order valence-electron chi connectivity index (χ0n) is 30.2. The molecule has 0 saturated heterocycles. The number of nitrogens with zero attached hydrogens (tertiary/aromatic N) is 4. The number of hydrogen-bond donors (Lipinski definition) is 0. The Morgan fingerprint density at radius 2 is 0.893 bits per heavy atom. The topological polar surface area (TPSA) is 43.6 Å². The first-order valence-electron chi connectivity index (χ1n) is 18.8. The van der Waals surface area contributed by atoms with Crippen molar-refractivity contribution in [3.8, 4) is 62.1 Å². The summed E-state index contributed by atoms with van der Waals surface area (Å²) in [5.74, 6) is 1.91. The fourth-order valence-corrected chi connectivity index (χ4v) is 9.27. The normalized spacial score (nSPS) is 11.6. The second-order valence-corrected chi connectivity index (χ2v) is 15.1. The zero-order valence-corrected chi connectivity index (χ0v) is 31.0. The smallest absolute Gasteiger partial charge is 0.164 e. The number of fused-ring (bicyclic) bond motifs is 6. The van der Waals surface area contributed by atoms with Crippen LogP contribution in [0.2, 0.25) is 0 Å². The van der Waals surface area contributed by atoms with Gasteiger partial charge < -0.3 is 4.57 Å². The van der Waals surface area contributed by atoms with Crippen molar-refractivity contribution in [2.75, 3.05) is 0 Å². The molecule has 0 bridgehead atoms. The summed E-state index contributed by atoms with van der Waals surface area (Å²) in [5, 5.41) is 5.06. The molecular weight excluding hydrogens is 701 g/mol. The first-order chi connectivity index (χ1) is 27.8. The summed E-state index contributed by atoms with van der Waals surface area (Å²) in [5.41, 5.74) is 10.9. The van der Waals surface area contributed by atoms with Crippen LogP contribution in [-0.2, 0) is 0 Å². The van der Waals surface area contributed by atoms with Crippen LogP contribution in [0.15, 0.2) is 194 Å². The van der Waals surface area contributed by atoms with E-state index in [0.29, 0.717) is 17.5 Å². The third-order valence-corrected chi connectivity index (χ3v) is 11.9. The van der Waals surface area contributed by atoms with Crippen molar-refractivity contribution in [2.24, 2.45) is 0 Å². The molecular formula is C51H32N4S. The van der Waals surface area contributed by atoms with Crippen molar-refractivity contribution < 1.29 is 0 Å². The summed E-state index contributed by atoms with van der Waals surface area (Å²) in [6, 6.07) is 68.6. The quantitative estimate of drug-likeness (QED) is 0.171. The van der Waals surface area contributed by atoms with Gasteiger partial charge in [0.25, 0.3) is 0 Å². The van der Waals surface area contributed by atoms with Gasteiger partial charge in [0.2, 0.25) is 0 Å². The average Bonchev–Trinajstić information content (AvgIpc) is 3.82. The molecule has 0 atom stereocenters. The first-order valence-corrected chi connectivity index (χ1v) is 19.6. The van der Waals surface area contributed by atoms with E-state index in [1.54, 1.807) is 0 Å². The van der Waals surface area contributed by atoms with Crippen LogP contribution in [0, 0.1) is 0 Å². The van der Waals surface area contributed by atoms with Gasteiger partial charge in [-0.3, -0.25) is 0 Å². The van der Waals surface area contributed by atoms with Crippen LogP contribution in [0.4, 0.5) is 0 Å². The SMILES string of the molecule is c1ccc(-c2nc(-c3ccccc3)nc(-c3ccc(-n4c5ccccc5c5cc(-c6cccc7c6sc6ccccc67)ccc54)c(-c4ccccc4)c3)n2)cc1. The Balaban J connectivity index is 1.12. The number of aromatic nitrogens is 4. The maximum atomic E-state index is 5.07. The molecule has 56 heavy (non-hydrogen) atoms. The van der Waals surface area contributed by atoms with Gasteiger partial charge in [0.05, 0.1) is 16.7 Å². The molecule has 8 aromatic carbocycles. The summed E-state index contributed by atoms with van der Waals surface area (Å²) in [4.78, 5) is 15.1. The fraction of sp³-hybridized carbons (Fsp3) is 0. The highest BCUT2D eigenvalue weighted by atomic mass is 32.1. The molecule has 11 aromatic rings. The molecule has 0 saturated carbocycles. The van der Waals surface area contributed by atoms with Crippen molar-refractivity contribution in [3.05, 3.63) is 194 Å². The Morgan fingerprint density at radius 1 is 0.339 bits per heavy atom. The van der Waals surface area contributed by atoms with Gasteiger partial charge in [-0.2, -0.15) is 0 Å². The summed E-state index contributed by atoms with van der Waals surface area (Å²) in [6.07, 6.45) is 0. The summed E-state index contributed by atoms with van der Waals surface area (Å²) in [6.45, 7) is 0. The highest BCUT2D eigenvalue weighted by molar-refractivity contribution is 7.26. The van der Waals surface area contributed by atoms with Gasteiger partial charge in [0.15, 0.2) is 17.5 Å². The largest absolute Gasteiger partial charge is 0.309 e. The minimum absolute atomic E-state index is 0.628. The van der Waals surface area contributed by atoms with E-state index in [2.05, 4.69) is 138 Å². The monoisotopic (exact) mass is 732 g/mol. The second kappa shape index (κ2) is 13.3. The lowest BCUT2D eigenvalue weighted by molar-refractivity contribution is 1.07. The number of hydrogen-bond acceptors (Lipinski definition) is 4. The van der Waals surface area contributed by atoms with Gasteiger partial charge in [0.1, 0.15) is 0 Å². The Labute approximate surface area is 327 Å². The zero-order chi connectivity index (χ0) is 37.0. The molecule has 5 heteroatoms. The van der Waals surface area contributed by atoms with Crippen molar-refractivity contribution in [1.29, 1.82) is 0 Å². The van der Waals surface area contributed by atoms with E-state index in [4.69, 9.17) is 15.0 Å². The lowest BCUT2D eigenvalue weighted by Crippen LogP contribution is -2.02. The van der Waals surface area contributed by atoms with Gasteiger partial charge in [-0.1, -0.05) is 152 Å². The molecule has 0 N–H and O–H groups in total. The van der Waals surface area contributed by atoms with E-state index in [9.17, 15) is 0 Å². The highest BCUT2D eigenvalue weighted by Gasteiger charge is 2.20. The molecule has 11 rings (SSSR count). The molecule has 0 aliphatic carbocycles. The molecule has 3 heterocycles. The van der Waals surface area contributed by atoms with Crippen molar-refractivity contribution in [3.63, 3.8) is 0 Å². The number of para-hydroxylation sites is 1. The van der Waals surface area contributed by atoms with Crippen molar-refractivity contribution in [1.82, 2.24) is 19.5 Å². The molecule has 0 amide bonds. The Kier molecular flexibility index (Phi) is 7.64.